The third-order valence-corrected chi connectivity index (χ3v) is 9.33. The van der Waals surface area contributed by atoms with E-state index in [1.54, 1.807) is 6.20 Å². The maximum absolute atomic E-state index is 13.9. The highest BCUT2D eigenvalue weighted by atomic mass is 32.2. The number of ether oxygens (including phenoxy) is 1. The molecular formula is C29H36N5O4S+. The topological polar surface area (TPSA) is 109 Å². The Bertz CT molecular complexity index is 1380. The van der Waals surface area contributed by atoms with Gasteiger partial charge in [-0.25, -0.2) is 0 Å². The van der Waals surface area contributed by atoms with Crippen LogP contribution in [0.2, 0.25) is 0 Å². The summed E-state index contributed by atoms with van der Waals surface area (Å²) in [7, 11) is -3.81. The van der Waals surface area contributed by atoms with Crippen LogP contribution in [0, 0.1) is 0 Å². The first-order valence-electron chi connectivity index (χ1n) is 13.3. The van der Waals surface area contributed by atoms with Gasteiger partial charge in [-0.05, 0) is 43.6 Å². The summed E-state index contributed by atoms with van der Waals surface area (Å²) in [5, 5.41) is 6.63. The van der Waals surface area contributed by atoms with Crippen LogP contribution in [-0.2, 0) is 38.1 Å². The van der Waals surface area contributed by atoms with Gasteiger partial charge in [-0.2, -0.15) is 13.8 Å². The Labute approximate surface area is 230 Å². The molecule has 3 N–H and O–H groups in total. The van der Waals surface area contributed by atoms with Gasteiger partial charge in [0.1, 0.15) is 12.6 Å². The van der Waals surface area contributed by atoms with Crippen LogP contribution in [0.3, 0.4) is 0 Å². The molecule has 0 aliphatic carbocycles. The Morgan fingerprint density at radius 2 is 1.77 bits per heavy atom. The van der Waals surface area contributed by atoms with Crippen LogP contribution in [0.4, 0.5) is 5.69 Å². The number of carbonyl (C=O) groups excluding carboxylic acids is 1. The number of quaternary nitrogens is 1. The number of para-hydroxylation sites is 1. The Morgan fingerprint density at radius 3 is 2.49 bits per heavy atom. The van der Waals surface area contributed by atoms with E-state index in [-0.39, 0.29) is 18.6 Å². The number of nitrogens with zero attached hydrogens (tertiary/aromatic N) is 2. The van der Waals surface area contributed by atoms with E-state index in [0.717, 1.165) is 42.8 Å². The van der Waals surface area contributed by atoms with Crippen molar-refractivity contribution in [1.29, 1.82) is 0 Å². The van der Waals surface area contributed by atoms with Crippen LogP contribution in [0.25, 0.3) is 0 Å². The van der Waals surface area contributed by atoms with Crippen molar-refractivity contribution in [3.05, 3.63) is 95.8 Å². The number of nitrogens with one attached hydrogen (secondary N) is 3. The zero-order valence-corrected chi connectivity index (χ0v) is 23.0. The van der Waals surface area contributed by atoms with Crippen LogP contribution >= 0.6 is 0 Å². The van der Waals surface area contributed by atoms with Crippen LogP contribution in [0.1, 0.15) is 29.7 Å². The molecule has 2 aliphatic heterocycles. The zero-order valence-electron chi connectivity index (χ0n) is 22.2. The molecule has 3 heterocycles. The first-order valence-corrected chi connectivity index (χ1v) is 15.1. The van der Waals surface area contributed by atoms with Crippen molar-refractivity contribution in [1.82, 2.24) is 25.0 Å². The van der Waals surface area contributed by atoms with Crippen LogP contribution < -0.4 is 20.1 Å². The van der Waals surface area contributed by atoms with Gasteiger partial charge in [-0.3, -0.25) is 15.1 Å². The number of benzene rings is 2. The van der Waals surface area contributed by atoms with Gasteiger partial charge >= 0.3 is 10.0 Å². The summed E-state index contributed by atoms with van der Waals surface area (Å²) in [6, 6.07) is 22.1. The summed E-state index contributed by atoms with van der Waals surface area (Å²) < 4.78 is 32.5. The molecular weight excluding hydrogens is 514 g/mol. The van der Waals surface area contributed by atoms with Gasteiger partial charge in [0.15, 0.2) is 5.69 Å². The molecule has 1 fully saturated rings. The highest BCUT2D eigenvalue weighted by molar-refractivity contribution is 7.90. The maximum Gasteiger partial charge on any atom is 0.321 e. The molecule has 1 saturated heterocycles. The zero-order chi connectivity index (χ0) is 27.3. The molecule has 1 spiro atoms. The van der Waals surface area contributed by atoms with E-state index < -0.39 is 26.0 Å². The Morgan fingerprint density at radius 1 is 1.05 bits per heavy atom. The standard InChI is InChI=1S/C29H35N5O4S/c1-39(36,37)34(22-29(14-17-30-18-15-29)25-12-5-6-13-27(25)34)33-28(35)26(32-19-24-11-7-8-16-31-24)21-38-20-23-9-3-2-4-10-23/h2-13,16,26,30,32H,14-15,17-22H2,1H3/p+1. The van der Waals surface area contributed by atoms with Crippen molar-refractivity contribution in [3.8, 4) is 0 Å². The van der Waals surface area contributed by atoms with Crippen molar-refractivity contribution in [2.45, 2.75) is 37.5 Å². The second-order valence-corrected chi connectivity index (χ2v) is 12.5. The fraction of sp³-hybridized carbons (Fsp3) is 0.379. The van der Waals surface area contributed by atoms with Crippen LogP contribution in [0.5, 0.6) is 0 Å². The highest BCUT2D eigenvalue weighted by Gasteiger charge is 2.60. The highest BCUT2D eigenvalue weighted by Crippen LogP contribution is 2.50. The van der Waals surface area contributed by atoms with Crippen LogP contribution in [0.15, 0.2) is 79.0 Å². The van der Waals surface area contributed by atoms with Gasteiger partial charge in [-0.1, -0.05) is 58.6 Å². The second kappa shape index (κ2) is 11.5. The predicted octanol–water partition coefficient (Wildman–Crippen LogP) is 2.39. The molecule has 39 heavy (non-hydrogen) atoms. The van der Waals surface area contributed by atoms with Gasteiger partial charge in [0.2, 0.25) is 0 Å². The largest absolute Gasteiger partial charge is 0.375 e. The molecule has 0 radical (unpaired) electrons. The van der Waals surface area contributed by atoms with E-state index in [2.05, 4.69) is 21.0 Å². The van der Waals surface area contributed by atoms with Crippen molar-refractivity contribution < 1.29 is 17.9 Å². The Hall–Kier alpha value is -3.15. The van der Waals surface area contributed by atoms with Gasteiger partial charge in [-0.15, -0.1) is 0 Å². The lowest BCUT2D eigenvalue weighted by Crippen LogP contribution is -2.68. The summed E-state index contributed by atoms with van der Waals surface area (Å²) in [5.41, 5.74) is 6.01. The number of hydrogen-bond donors (Lipinski definition) is 3. The van der Waals surface area contributed by atoms with Crippen molar-refractivity contribution in [3.63, 3.8) is 0 Å². The van der Waals surface area contributed by atoms with E-state index in [0.29, 0.717) is 18.8 Å². The fourth-order valence-corrected chi connectivity index (χ4v) is 6.98. The molecule has 0 bridgehead atoms. The molecule has 1 amide bonds. The molecule has 9 nitrogen and oxygen atoms in total. The summed E-state index contributed by atoms with van der Waals surface area (Å²) in [6.45, 7) is 2.59. The Kier molecular flexibility index (Phi) is 8.11. The number of aromatic nitrogens is 1. The normalized spacial score (nSPS) is 20.8. The number of carbonyl (C=O) groups is 1. The number of sulfonamides is 1. The average Bonchev–Trinajstić information content (AvgIpc) is 3.22. The molecule has 2 aromatic carbocycles. The van der Waals surface area contributed by atoms with Crippen molar-refractivity contribution in [2.24, 2.45) is 0 Å². The van der Waals surface area contributed by atoms with Crippen LogP contribution in [-0.4, -0.2) is 57.8 Å². The third kappa shape index (κ3) is 5.75. The molecule has 3 aromatic rings. The minimum Gasteiger partial charge on any atom is -0.375 e. The third-order valence-electron chi connectivity index (χ3n) is 7.78. The smallest absolute Gasteiger partial charge is 0.321 e. The minimum absolute atomic E-state index is 0.0635. The second-order valence-electron chi connectivity index (χ2n) is 10.4. The lowest BCUT2D eigenvalue weighted by Gasteiger charge is -2.36. The van der Waals surface area contributed by atoms with E-state index in [1.807, 2.05) is 72.8 Å². The summed E-state index contributed by atoms with van der Waals surface area (Å²) in [6.07, 6.45) is 4.50. The summed E-state index contributed by atoms with van der Waals surface area (Å²) in [5.74, 6) is -0.440. The van der Waals surface area contributed by atoms with E-state index in [1.165, 1.54) is 6.26 Å². The van der Waals surface area contributed by atoms with Crippen molar-refractivity contribution >= 4 is 21.6 Å². The van der Waals surface area contributed by atoms with E-state index >= 15 is 0 Å². The number of fused-ring (bicyclic) bond motifs is 2. The molecule has 206 valence electrons. The van der Waals surface area contributed by atoms with Gasteiger partial charge in [0, 0.05) is 24.4 Å². The van der Waals surface area contributed by atoms with E-state index in [4.69, 9.17) is 4.74 Å². The number of piperidine rings is 1. The van der Waals surface area contributed by atoms with Gasteiger partial charge in [0.05, 0.1) is 30.6 Å². The first kappa shape index (κ1) is 27.4. The maximum atomic E-state index is 13.9. The lowest BCUT2D eigenvalue weighted by molar-refractivity contribution is -0.127. The van der Waals surface area contributed by atoms with Gasteiger partial charge in [0.25, 0.3) is 5.91 Å². The molecule has 1 aromatic heterocycles. The molecule has 5 rings (SSSR count). The molecule has 10 heteroatoms. The number of amides is 1. The van der Waals surface area contributed by atoms with Crippen molar-refractivity contribution in [2.75, 3.05) is 32.5 Å². The fourth-order valence-electron chi connectivity index (χ4n) is 5.73. The lowest BCUT2D eigenvalue weighted by atomic mass is 9.75. The number of hydrogen-bond acceptors (Lipinski definition) is 7. The minimum atomic E-state index is -3.81. The quantitative estimate of drug-likeness (QED) is 0.333. The van der Waals surface area contributed by atoms with Gasteiger partial charge < -0.3 is 10.1 Å². The predicted molar refractivity (Wildman–Crippen MR) is 151 cm³/mol. The molecule has 2 atom stereocenters. The molecule has 2 aliphatic rings. The Balaban J connectivity index is 1.42. The van der Waals surface area contributed by atoms with E-state index in [9.17, 15) is 13.2 Å². The summed E-state index contributed by atoms with van der Waals surface area (Å²) in [4.78, 5) is 18.3. The average molecular weight is 551 g/mol. The number of pyridine rings is 1. The summed E-state index contributed by atoms with van der Waals surface area (Å²) >= 11 is 0. The monoisotopic (exact) mass is 550 g/mol. The first-order chi connectivity index (χ1) is 18.8. The molecule has 2 unspecified atom stereocenters. The SMILES string of the molecule is CS(=O)(=O)[N+]1(NC(=O)C(COCc2ccccc2)NCc2ccccn2)CC2(CCNCC2)c2ccccc21. The molecule has 0 saturated carbocycles. The number of rotatable bonds is 10.